The van der Waals surface area contributed by atoms with Gasteiger partial charge in [-0.1, -0.05) is 0 Å². The summed E-state index contributed by atoms with van der Waals surface area (Å²) in [6, 6.07) is 0. The van der Waals surface area contributed by atoms with Crippen LogP contribution in [0.15, 0.2) is 11.6 Å². The smallest absolute Gasteiger partial charge is 0.281 e. The first-order chi connectivity index (χ1) is 5.07. The van der Waals surface area contributed by atoms with Crippen molar-refractivity contribution in [3.05, 3.63) is 11.6 Å². The number of rotatable bonds is 0. The summed E-state index contributed by atoms with van der Waals surface area (Å²) in [4.78, 5) is 0. The molecule has 1 radical (unpaired) electrons. The fourth-order valence-corrected chi connectivity index (χ4v) is 0.253. The minimum absolute atomic E-state index is 3.52. The van der Waals surface area contributed by atoms with E-state index in [4.69, 9.17) is 0 Å². The molecule has 0 aliphatic rings. The second kappa shape index (κ2) is 2.83. The van der Waals surface area contributed by atoms with Gasteiger partial charge in [0.05, 0.1) is 0 Å². The average molecular weight is 197 g/mol. The normalized spacial score (nSPS) is 15.9. The molecule has 1 nitrogen and oxygen atoms in total. The standard InChI is InChI=1S/C4F7O/c5-1(3(6,7)8)2(12)4(9,10)11/b2-1+. The number of alkyl halides is 6. The molecular weight excluding hydrogens is 197 g/mol. The molecule has 0 fully saturated rings. The molecule has 0 aliphatic carbocycles. The van der Waals surface area contributed by atoms with E-state index in [9.17, 15) is 35.8 Å². The number of hydrogen-bond donors (Lipinski definition) is 0. The van der Waals surface area contributed by atoms with Crippen molar-refractivity contribution in [2.75, 3.05) is 0 Å². The van der Waals surface area contributed by atoms with Crippen LogP contribution in [0.5, 0.6) is 0 Å². The summed E-state index contributed by atoms with van der Waals surface area (Å²) in [5, 5.41) is 9.55. The third-order valence-electron chi connectivity index (χ3n) is 0.706. The molecule has 0 aromatic carbocycles. The Morgan fingerprint density at radius 2 is 1.17 bits per heavy atom. The first-order valence-electron chi connectivity index (χ1n) is 2.28. The SMILES string of the molecule is [O]/C(=C(/F)C(F)(F)F)C(F)(F)F. The van der Waals surface area contributed by atoms with Crippen molar-refractivity contribution in [3.63, 3.8) is 0 Å². The molecule has 0 rings (SSSR count). The molecule has 12 heavy (non-hydrogen) atoms. The summed E-state index contributed by atoms with van der Waals surface area (Å²) in [6.07, 6.45) is -11.7. The third kappa shape index (κ3) is 2.59. The molecule has 0 saturated heterocycles. The van der Waals surface area contributed by atoms with Gasteiger partial charge in [-0.15, -0.1) is 0 Å². The Hall–Kier alpha value is -0.950. The quantitative estimate of drug-likeness (QED) is 0.420. The van der Waals surface area contributed by atoms with Gasteiger partial charge in [-0.2, -0.15) is 30.7 Å². The van der Waals surface area contributed by atoms with Gasteiger partial charge in [-0.3, -0.25) is 5.11 Å². The number of halogens is 7. The molecule has 0 bridgehead atoms. The van der Waals surface area contributed by atoms with E-state index in [-0.39, 0.29) is 0 Å². The van der Waals surface area contributed by atoms with Crippen molar-refractivity contribution >= 4 is 0 Å². The van der Waals surface area contributed by atoms with Crippen molar-refractivity contribution in [1.29, 1.82) is 0 Å². The Morgan fingerprint density at radius 3 is 1.25 bits per heavy atom. The molecule has 0 atom stereocenters. The molecule has 0 heterocycles. The van der Waals surface area contributed by atoms with Crippen molar-refractivity contribution in [2.24, 2.45) is 0 Å². The van der Waals surface area contributed by atoms with Crippen LogP contribution in [-0.2, 0) is 5.11 Å². The Morgan fingerprint density at radius 1 is 0.833 bits per heavy atom. The van der Waals surface area contributed by atoms with E-state index in [1.807, 2.05) is 0 Å². The topological polar surface area (TPSA) is 19.9 Å². The minimum Gasteiger partial charge on any atom is -0.281 e. The molecule has 0 amide bonds. The van der Waals surface area contributed by atoms with E-state index in [1.54, 1.807) is 0 Å². The average Bonchev–Trinajstić information content (AvgIpc) is 1.80. The van der Waals surface area contributed by atoms with Gasteiger partial charge < -0.3 is 0 Å². The minimum atomic E-state index is -5.88. The first kappa shape index (κ1) is 11.0. The lowest BCUT2D eigenvalue weighted by Gasteiger charge is -2.06. The van der Waals surface area contributed by atoms with Gasteiger partial charge in [0.1, 0.15) is 0 Å². The summed E-state index contributed by atoms with van der Waals surface area (Å²) in [5.74, 6) is -7.18. The fraction of sp³-hybridized carbons (Fsp3) is 0.500. The molecule has 0 unspecified atom stereocenters. The summed E-state index contributed by atoms with van der Waals surface area (Å²) in [7, 11) is 0. The Kier molecular flexibility index (Phi) is 2.61. The van der Waals surface area contributed by atoms with Crippen LogP contribution in [0.3, 0.4) is 0 Å². The summed E-state index contributed by atoms with van der Waals surface area (Å²) in [6.45, 7) is 0. The monoisotopic (exact) mass is 197 g/mol. The second-order valence-corrected chi connectivity index (χ2v) is 1.64. The highest BCUT2D eigenvalue weighted by Crippen LogP contribution is 2.35. The summed E-state index contributed by atoms with van der Waals surface area (Å²) >= 11 is 0. The Balaban J connectivity index is 4.96. The van der Waals surface area contributed by atoms with Crippen LogP contribution in [0.1, 0.15) is 0 Å². The molecule has 0 spiro atoms. The van der Waals surface area contributed by atoms with Gasteiger partial charge >= 0.3 is 12.4 Å². The van der Waals surface area contributed by atoms with Gasteiger partial charge in [0.15, 0.2) is 0 Å². The van der Waals surface area contributed by atoms with E-state index in [1.165, 1.54) is 0 Å². The van der Waals surface area contributed by atoms with Crippen LogP contribution >= 0.6 is 0 Å². The fourth-order valence-electron chi connectivity index (χ4n) is 0.253. The number of allylic oxidation sites excluding steroid dienone is 2. The largest absolute Gasteiger partial charge is 0.457 e. The van der Waals surface area contributed by atoms with Crippen LogP contribution in [0.4, 0.5) is 30.7 Å². The van der Waals surface area contributed by atoms with Crippen LogP contribution < -0.4 is 0 Å². The maximum absolute atomic E-state index is 11.5. The molecule has 8 heteroatoms. The molecular formula is C4F7O. The van der Waals surface area contributed by atoms with Crippen molar-refractivity contribution in [2.45, 2.75) is 12.4 Å². The predicted molar refractivity (Wildman–Crippen MR) is 20.9 cm³/mol. The van der Waals surface area contributed by atoms with E-state index in [0.717, 1.165) is 0 Å². The van der Waals surface area contributed by atoms with Crippen molar-refractivity contribution in [3.8, 4) is 0 Å². The summed E-state index contributed by atoms with van der Waals surface area (Å²) in [5.41, 5.74) is 0. The van der Waals surface area contributed by atoms with Crippen molar-refractivity contribution < 1.29 is 35.8 Å². The molecule has 0 aromatic rings. The van der Waals surface area contributed by atoms with Gasteiger partial charge in [0.25, 0.3) is 11.6 Å². The second-order valence-electron chi connectivity index (χ2n) is 1.64. The molecule has 0 N–H and O–H groups in total. The Bertz CT molecular complexity index is 174. The lowest BCUT2D eigenvalue weighted by Crippen LogP contribution is -2.19. The van der Waals surface area contributed by atoms with Crippen LogP contribution in [0.25, 0.3) is 0 Å². The van der Waals surface area contributed by atoms with E-state index in [0.29, 0.717) is 0 Å². The van der Waals surface area contributed by atoms with E-state index >= 15 is 0 Å². The first-order valence-corrected chi connectivity index (χ1v) is 2.28. The number of hydrogen-bond acceptors (Lipinski definition) is 0. The van der Waals surface area contributed by atoms with Gasteiger partial charge in [0.2, 0.25) is 0 Å². The maximum atomic E-state index is 11.5. The van der Waals surface area contributed by atoms with E-state index in [2.05, 4.69) is 0 Å². The molecule has 0 aromatic heterocycles. The van der Waals surface area contributed by atoms with Crippen LogP contribution in [0, 0.1) is 0 Å². The van der Waals surface area contributed by atoms with Gasteiger partial charge in [0, 0.05) is 0 Å². The Labute approximate surface area is 61.1 Å². The third-order valence-corrected chi connectivity index (χ3v) is 0.706. The lowest BCUT2D eigenvalue weighted by atomic mass is 10.4. The zero-order valence-electron chi connectivity index (χ0n) is 5.05. The van der Waals surface area contributed by atoms with E-state index < -0.39 is 23.9 Å². The predicted octanol–water partition coefficient (Wildman–Crippen LogP) is 2.72. The van der Waals surface area contributed by atoms with Gasteiger partial charge in [-0.25, -0.2) is 0 Å². The zero-order valence-corrected chi connectivity index (χ0v) is 5.05. The van der Waals surface area contributed by atoms with Crippen LogP contribution in [-0.4, -0.2) is 12.4 Å². The highest BCUT2D eigenvalue weighted by atomic mass is 19.4. The van der Waals surface area contributed by atoms with Crippen molar-refractivity contribution in [1.82, 2.24) is 0 Å². The van der Waals surface area contributed by atoms with Crippen LogP contribution in [0.2, 0.25) is 0 Å². The zero-order chi connectivity index (χ0) is 10.2. The molecule has 0 saturated carbocycles. The summed E-state index contributed by atoms with van der Waals surface area (Å²) < 4.78 is 78.2. The molecule has 71 valence electrons. The van der Waals surface area contributed by atoms with Gasteiger partial charge in [-0.05, 0) is 0 Å². The lowest BCUT2D eigenvalue weighted by molar-refractivity contribution is -0.155. The highest BCUT2D eigenvalue weighted by Gasteiger charge is 2.48. The highest BCUT2D eigenvalue weighted by molar-refractivity contribution is 5.09. The molecule has 0 aliphatic heterocycles. The maximum Gasteiger partial charge on any atom is 0.457 e.